The molecule has 0 saturated heterocycles. The number of phenols is 1. The van der Waals surface area contributed by atoms with E-state index < -0.39 is 5.97 Å². The van der Waals surface area contributed by atoms with Crippen molar-refractivity contribution in [2.24, 2.45) is 0 Å². The number of nitrogens with one attached hydrogen (secondary N) is 1. The van der Waals surface area contributed by atoms with Crippen LogP contribution >= 0.6 is 11.8 Å². The number of nitrogens with zero attached hydrogens (tertiary/aromatic N) is 3. The summed E-state index contributed by atoms with van der Waals surface area (Å²) in [6.07, 6.45) is 0. The van der Waals surface area contributed by atoms with Crippen LogP contribution in [0, 0.1) is 4.91 Å². The van der Waals surface area contributed by atoms with Crippen LogP contribution in [0.4, 0.5) is 5.69 Å². The number of aromatic amines is 1. The Labute approximate surface area is 150 Å². The molecule has 0 aliphatic heterocycles. The van der Waals surface area contributed by atoms with E-state index in [1.165, 1.54) is 24.3 Å². The van der Waals surface area contributed by atoms with Crippen molar-refractivity contribution < 1.29 is 25.1 Å². The van der Waals surface area contributed by atoms with Crippen molar-refractivity contribution in [2.45, 2.75) is 5.16 Å². The molecule has 132 valence electrons. The van der Waals surface area contributed by atoms with Gasteiger partial charge in [-0.1, -0.05) is 23.9 Å². The van der Waals surface area contributed by atoms with Gasteiger partial charge in [-0.2, -0.15) is 0 Å². The molecule has 0 radical (unpaired) electrons. The lowest BCUT2D eigenvalue weighted by Gasteiger charge is -2.04. The van der Waals surface area contributed by atoms with Crippen molar-refractivity contribution in [3.8, 4) is 28.3 Å². The van der Waals surface area contributed by atoms with Crippen LogP contribution in [0.5, 0.6) is 5.75 Å². The fourth-order valence-corrected chi connectivity index (χ4v) is 2.78. The van der Waals surface area contributed by atoms with Crippen LogP contribution < -0.4 is 0 Å². The lowest BCUT2D eigenvalue weighted by Crippen LogP contribution is -1.97. The number of carbonyl (C=O) groups is 1. The first-order valence-corrected chi connectivity index (χ1v) is 8.29. The van der Waals surface area contributed by atoms with Gasteiger partial charge in [-0.25, -0.2) is 5.21 Å². The molecule has 1 aromatic heterocycles. The Morgan fingerprint density at radius 3 is 2.42 bits per heavy atom. The van der Waals surface area contributed by atoms with E-state index in [2.05, 4.69) is 15.2 Å². The number of carboxylic acids is 1. The molecule has 0 aliphatic carbocycles. The van der Waals surface area contributed by atoms with Crippen molar-refractivity contribution >= 4 is 23.4 Å². The number of benzene rings is 2. The smallest absolute Gasteiger partial charge is 0.317 e. The fourth-order valence-electron chi connectivity index (χ4n) is 2.25. The second-order valence-electron chi connectivity index (χ2n) is 5.25. The maximum Gasteiger partial charge on any atom is 0.317 e. The molecule has 0 aliphatic rings. The molecular weight excluding hydrogens is 360 g/mol. The fraction of sp³-hybridized carbons (Fsp3) is 0.0625. The summed E-state index contributed by atoms with van der Waals surface area (Å²) in [5, 5.41) is 35.5. The van der Waals surface area contributed by atoms with Gasteiger partial charge in [0.2, 0.25) is 0 Å². The molecule has 0 amide bonds. The predicted octanol–water partition coefficient (Wildman–Crippen LogP) is 2.82. The molecule has 0 atom stereocenters. The van der Waals surface area contributed by atoms with E-state index in [9.17, 15) is 20.0 Å². The van der Waals surface area contributed by atoms with E-state index in [0.717, 1.165) is 11.8 Å². The summed E-state index contributed by atoms with van der Waals surface area (Å²) in [7, 11) is 0. The molecule has 3 rings (SSSR count). The Kier molecular flexibility index (Phi) is 4.85. The third-order valence-corrected chi connectivity index (χ3v) is 4.26. The Balaban J connectivity index is 2.00. The highest BCUT2D eigenvalue weighted by Gasteiger charge is 2.18. The van der Waals surface area contributed by atoms with Crippen molar-refractivity contribution in [1.82, 2.24) is 15.2 Å². The summed E-state index contributed by atoms with van der Waals surface area (Å²) in [5.74, 6) is -0.722. The Morgan fingerprint density at radius 1 is 1.08 bits per heavy atom. The zero-order valence-electron chi connectivity index (χ0n) is 13.2. The van der Waals surface area contributed by atoms with Crippen LogP contribution in [0.3, 0.4) is 0 Å². The highest BCUT2D eigenvalue weighted by molar-refractivity contribution is 7.99. The van der Waals surface area contributed by atoms with Crippen molar-refractivity contribution in [3.05, 3.63) is 47.4 Å². The van der Waals surface area contributed by atoms with Gasteiger partial charge in [0.15, 0.2) is 11.0 Å². The van der Waals surface area contributed by atoms with Gasteiger partial charge in [0.05, 0.1) is 10.7 Å². The van der Waals surface area contributed by atoms with Crippen LogP contribution in [0.15, 0.2) is 47.6 Å². The minimum absolute atomic E-state index is 0.0123. The molecule has 3 aromatic rings. The van der Waals surface area contributed by atoms with Crippen molar-refractivity contribution in [2.75, 3.05) is 5.75 Å². The average Bonchev–Trinajstić information content (AvgIpc) is 3.09. The summed E-state index contributed by atoms with van der Waals surface area (Å²) in [6.45, 7) is 0. The van der Waals surface area contributed by atoms with Crippen molar-refractivity contribution in [1.29, 1.82) is 0 Å². The number of carboxylic acid groups (broad SMARTS) is 1. The van der Waals surface area contributed by atoms with E-state index in [-0.39, 0.29) is 22.1 Å². The third kappa shape index (κ3) is 3.98. The van der Waals surface area contributed by atoms with E-state index in [1.807, 2.05) is 0 Å². The number of hydrogen-bond acceptors (Lipinski definition) is 6. The van der Waals surface area contributed by atoms with Gasteiger partial charge in [0, 0.05) is 17.7 Å². The van der Waals surface area contributed by atoms with E-state index >= 15 is 0 Å². The van der Waals surface area contributed by atoms with Crippen molar-refractivity contribution in [3.63, 3.8) is 0 Å². The summed E-state index contributed by atoms with van der Waals surface area (Å²) in [4.78, 5) is 24.6. The van der Waals surface area contributed by atoms with Gasteiger partial charge in [0.25, 0.3) is 4.92 Å². The maximum absolute atomic E-state index is 11.4. The number of rotatable bonds is 6. The Morgan fingerprint density at radius 2 is 1.77 bits per heavy atom. The number of thioether (sulfide) groups is 1. The number of H-pyrrole nitrogens is 1. The standard InChI is InChI=1S/C16H12N4O5S/c21-13-3-1-9(2-4-13)10-5-11(7-12(6-10)20(24)25)15-17-16(19-18-15)26-8-14(22)23/h1-7H,8H2,(H3-,17,18,19,21,22,23,24,25)/p+1. The van der Waals surface area contributed by atoms with Crippen LogP contribution in [0.1, 0.15) is 0 Å². The molecule has 0 spiro atoms. The van der Waals surface area contributed by atoms with Crippen LogP contribution in [0.2, 0.25) is 0 Å². The highest BCUT2D eigenvalue weighted by atomic mass is 32.2. The molecule has 9 nitrogen and oxygen atoms in total. The molecular formula is C16H13N4O5S+. The zero-order chi connectivity index (χ0) is 18.7. The molecule has 4 N–H and O–H groups in total. The summed E-state index contributed by atoms with van der Waals surface area (Å²) >= 11 is 0.979. The second-order valence-corrected chi connectivity index (χ2v) is 6.21. The topological polar surface area (TPSA) is 139 Å². The zero-order valence-corrected chi connectivity index (χ0v) is 14.0. The van der Waals surface area contributed by atoms with Gasteiger partial charge in [-0.15, -0.1) is 10.2 Å². The third-order valence-electron chi connectivity index (χ3n) is 3.41. The van der Waals surface area contributed by atoms with E-state index in [1.54, 1.807) is 18.2 Å². The van der Waals surface area contributed by atoms with E-state index in [4.69, 9.17) is 5.11 Å². The highest BCUT2D eigenvalue weighted by Crippen LogP contribution is 2.31. The van der Waals surface area contributed by atoms with Crippen LogP contribution in [-0.2, 0) is 4.79 Å². The number of phenolic OH excluding ortho intramolecular Hbond substituents is 1. The number of hydrogen-bond donors (Lipinski definition) is 4. The number of aliphatic carboxylic acids is 1. The second kappa shape index (κ2) is 7.23. The minimum atomic E-state index is -0.980. The SMILES string of the molecule is O=C(O)CSc1nnc(-c2cc(-c3ccc(O)cc3)cc([N+](=O)O)c2)[nH]1. The minimum Gasteiger partial charge on any atom is -0.508 e. The molecule has 26 heavy (non-hydrogen) atoms. The summed E-state index contributed by atoms with van der Waals surface area (Å²) < 4.78 is 0. The maximum atomic E-state index is 11.4. The summed E-state index contributed by atoms with van der Waals surface area (Å²) in [6, 6.07) is 11.0. The van der Waals surface area contributed by atoms with Gasteiger partial charge in [0.1, 0.15) is 5.75 Å². The molecule has 2 aromatic carbocycles. The summed E-state index contributed by atoms with van der Waals surface area (Å²) in [5.41, 5.74) is 1.80. The molecule has 0 fully saturated rings. The van der Waals surface area contributed by atoms with Gasteiger partial charge < -0.3 is 15.2 Å². The first-order valence-electron chi connectivity index (χ1n) is 7.30. The van der Waals surface area contributed by atoms with Crippen LogP contribution in [0.25, 0.3) is 22.5 Å². The van der Waals surface area contributed by atoms with Gasteiger partial charge in [-0.3, -0.25) is 4.79 Å². The monoisotopic (exact) mass is 373 g/mol. The Hall–Kier alpha value is -3.40. The van der Waals surface area contributed by atoms with Crippen LogP contribution in [-0.4, -0.2) is 47.2 Å². The molecule has 0 saturated carbocycles. The predicted molar refractivity (Wildman–Crippen MR) is 92.4 cm³/mol. The first-order chi connectivity index (χ1) is 12.4. The normalized spacial score (nSPS) is 10.6. The average molecular weight is 373 g/mol. The lowest BCUT2D eigenvalue weighted by molar-refractivity contribution is -0.729. The molecule has 10 heteroatoms. The molecule has 0 bridgehead atoms. The van der Waals surface area contributed by atoms with Gasteiger partial charge >= 0.3 is 11.7 Å². The number of aromatic hydroxyl groups is 1. The number of aromatic nitrogens is 3. The first kappa shape index (κ1) is 17.4. The quantitative estimate of drug-likeness (QED) is 0.382. The Bertz CT molecular complexity index is 971. The van der Waals surface area contributed by atoms with E-state index in [0.29, 0.717) is 27.7 Å². The lowest BCUT2D eigenvalue weighted by atomic mass is 10.0. The molecule has 0 unspecified atom stereocenters. The largest absolute Gasteiger partial charge is 0.508 e. The molecule has 1 heterocycles. The van der Waals surface area contributed by atoms with Gasteiger partial charge in [-0.05, 0) is 29.3 Å².